The summed E-state index contributed by atoms with van der Waals surface area (Å²) < 4.78 is 11.5. The molecular formula is C20H40N4O2. The molecule has 0 aliphatic carbocycles. The van der Waals surface area contributed by atoms with E-state index in [1.165, 1.54) is 6.42 Å². The van der Waals surface area contributed by atoms with Crippen molar-refractivity contribution in [2.24, 2.45) is 16.3 Å². The standard InChI is InChI=1S/C20H40N4O2/c1-6-21-19(22-14-16(2)24-9-12-25-13-10-24)23-15-17-8-7-11-26-18(17)20(3,4)5/h16-18H,6-15H2,1-5H3,(H2,21,22,23). The lowest BCUT2D eigenvalue weighted by molar-refractivity contribution is -0.0835. The summed E-state index contributed by atoms with van der Waals surface area (Å²) in [5, 5.41) is 6.96. The summed E-state index contributed by atoms with van der Waals surface area (Å²) in [5.74, 6) is 1.45. The Morgan fingerprint density at radius 1 is 1.19 bits per heavy atom. The molecule has 2 fully saturated rings. The van der Waals surface area contributed by atoms with E-state index in [4.69, 9.17) is 14.5 Å². The highest BCUT2D eigenvalue weighted by Gasteiger charge is 2.35. The van der Waals surface area contributed by atoms with Gasteiger partial charge in [-0.15, -0.1) is 0 Å². The maximum atomic E-state index is 6.11. The van der Waals surface area contributed by atoms with Crippen molar-refractivity contribution in [3.05, 3.63) is 0 Å². The van der Waals surface area contributed by atoms with Crippen LogP contribution in [0.3, 0.4) is 0 Å². The second-order valence-electron chi connectivity index (χ2n) is 8.66. The van der Waals surface area contributed by atoms with Gasteiger partial charge in [-0.2, -0.15) is 0 Å². The Bertz CT molecular complexity index is 430. The fraction of sp³-hybridized carbons (Fsp3) is 0.950. The minimum atomic E-state index is 0.174. The molecule has 2 aliphatic rings. The van der Waals surface area contributed by atoms with E-state index in [9.17, 15) is 0 Å². The van der Waals surface area contributed by atoms with Crippen molar-refractivity contribution < 1.29 is 9.47 Å². The van der Waals surface area contributed by atoms with Gasteiger partial charge in [0.25, 0.3) is 0 Å². The Hall–Kier alpha value is -0.850. The molecule has 26 heavy (non-hydrogen) atoms. The van der Waals surface area contributed by atoms with E-state index in [0.717, 1.165) is 64.9 Å². The van der Waals surface area contributed by atoms with E-state index >= 15 is 0 Å². The quantitative estimate of drug-likeness (QED) is 0.555. The van der Waals surface area contributed by atoms with Gasteiger partial charge in [-0.1, -0.05) is 20.8 Å². The molecule has 0 bridgehead atoms. The van der Waals surface area contributed by atoms with Crippen molar-refractivity contribution in [3.63, 3.8) is 0 Å². The maximum absolute atomic E-state index is 6.11. The molecule has 2 aliphatic heterocycles. The lowest BCUT2D eigenvalue weighted by Gasteiger charge is -2.40. The van der Waals surface area contributed by atoms with Crippen LogP contribution in [0.5, 0.6) is 0 Å². The molecule has 6 heteroatoms. The van der Waals surface area contributed by atoms with Crippen molar-refractivity contribution in [2.75, 3.05) is 52.5 Å². The molecule has 0 aromatic rings. The Labute approximate surface area is 160 Å². The van der Waals surface area contributed by atoms with Crippen LogP contribution in [0.25, 0.3) is 0 Å². The zero-order chi connectivity index (χ0) is 19.0. The van der Waals surface area contributed by atoms with Gasteiger partial charge in [0.05, 0.1) is 25.9 Å². The van der Waals surface area contributed by atoms with Gasteiger partial charge >= 0.3 is 0 Å². The van der Waals surface area contributed by atoms with Gasteiger partial charge in [-0.3, -0.25) is 9.89 Å². The van der Waals surface area contributed by atoms with Crippen LogP contribution in [0, 0.1) is 11.3 Å². The number of aliphatic imine (C=N–C) groups is 1. The highest BCUT2D eigenvalue weighted by atomic mass is 16.5. The molecule has 2 N–H and O–H groups in total. The first-order chi connectivity index (χ1) is 12.4. The van der Waals surface area contributed by atoms with E-state index in [1.807, 2.05) is 0 Å². The number of ether oxygens (including phenoxy) is 2. The molecule has 0 aromatic carbocycles. The lowest BCUT2D eigenvalue weighted by atomic mass is 9.78. The third kappa shape index (κ3) is 6.71. The van der Waals surface area contributed by atoms with Crippen LogP contribution in [-0.4, -0.2) is 75.5 Å². The predicted molar refractivity (Wildman–Crippen MR) is 108 cm³/mol. The van der Waals surface area contributed by atoms with Crippen molar-refractivity contribution in [2.45, 2.75) is 59.6 Å². The summed E-state index contributed by atoms with van der Waals surface area (Å²) in [6.07, 6.45) is 2.68. The van der Waals surface area contributed by atoms with Gasteiger partial charge in [-0.05, 0) is 32.1 Å². The topological polar surface area (TPSA) is 58.1 Å². The normalized spacial score (nSPS) is 27.2. The van der Waals surface area contributed by atoms with Crippen LogP contribution in [0.1, 0.15) is 47.5 Å². The molecule has 152 valence electrons. The average Bonchev–Trinajstić information content (AvgIpc) is 2.64. The minimum Gasteiger partial charge on any atom is -0.379 e. The van der Waals surface area contributed by atoms with Crippen molar-refractivity contribution in [1.82, 2.24) is 15.5 Å². The van der Waals surface area contributed by atoms with Gasteiger partial charge in [0.15, 0.2) is 5.96 Å². The first-order valence-corrected chi connectivity index (χ1v) is 10.4. The van der Waals surface area contributed by atoms with Crippen LogP contribution in [-0.2, 0) is 9.47 Å². The molecule has 6 nitrogen and oxygen atoms in total. The summed E-state index contributed by atoms with van der Waals surface area (Å²) in [6, 6.07) is 0.440. The third-order valence-electron chi connectivity index (χ3n) is 5.36. The van der Waals surface area contributed by atoms with Gasteiger partial charge in [0, 0.05) is 44.7 Å². The fourth-order valence-corrected chi connectivity index (χ4v) is 3.94. The Morgan fingerprint density at radius 3 is 2.58 bits per heavy atom. The van der Waals surface area contributed by atoms with Crippen LogP contribution in [0.4, 0.5) is 0 Å². The highest BCUT2D eigenvalue weighted by Crippen LogP contribution is 2.33. The fourth-order valence-electron chi connectivity index (χ4n) is 3.94. The van der Waals surface area contributed by atoms with E-state index in [-0.39, 0.29) is 5.41 Å². The third-order valence-corrected chi connectivity index (χ3v) is 5.36. The van der Waals surface area contributed by atoms with Crippen LogP contribution >= 0.6 is 0 Å². The summed E-state index contributed by atoms with van der Waals surface area (Å²) in [6.45, 7) is 18.4. The number of guanidine groups is 1. The summed E-state index contributed by atoms with van der Waals surface area (Å²) in [5.41, 5.74) is 0.174. The van der Waals surface area contributed by atoms with E-state index in [2.05, 4.69) is 50.2 Å². The first-order valence-electron chi connectivity index (χ1n) is 10.4. The summed E-state index contributed by atoms with van der Waals surface area (Å²) >= 11 is 0. The zero-order valence-electron chi connectivity index (χ0n) is 17.5. The number of hydrogen-bond acceptors (Lipinski definition) is 4. The lowest BCUT2D eigenvalue weighted by Crippen LogP contribution is -2.48. The smallest absolute Gasteiger partial charge is 0.191 e. The Kier molecular flexibility index (Phi) is 8.64. The van der Waals surface area contributed by atoms with Crippen LogP contribution in [0.2, 0.25) is 0 Å². The van der Waals surface area contributed by atoms with Crippen LogP contribution < -0.4 is 10.6 Å². The predicted octanol–water partition coefficient (Wildman–Crippen LogP) is 2.10. The molecule has 3 unspecified atom stereocenters. The van der Waals surface area contributed by atoms with Crippen LogP contribution in [0.15, 0.2) is 4.99 Å². The molecule has 3 atom stereocenters. The van der Waals surface area contributed by atoms with E-state index in [0.29, 0.717) is 18.1 Å². The number of hydrogen-bond donors (Lipinski definition) is 2. The minimum absolute atomic E-state index is 0.174. The molecule has 0 aromatic heterocycles. The largest absolute Gasteiger partial charge is 0.379 e. The van der Waals surface area contributed by atoms with Gasteiger partial charge < -0.3 is 20.1 Å². The molecule has 2 rings (SSSR count). The highest BCUT2D eigenvalue weighted by molar-refractivity contribution is 5.79. The van der Waals surface area contributed by atoms with Gasteiger partial charge in [-0.25, -0.2) is 0 Å². The summed E-state index contributed by atoms with van der Waals surface area (Å²) in [4.78, 5) is 7.29. The molecule has 0 saturated carbocycles. The number of morpholine rings is 1. The molecule has 0 amide bonds. The van der Waals surface area contributed by atoms with E-state index < -0.39 is 0 Å². The summed E-state index contributed by atoms with van der Waals surface area (Å²) in [7, 11) is 0. The number of nitrogens with one attached hydrogen (secondary N) is 2. The molecule has 0 spiro atoms. The van der Waals surface area contributed by atoms with Crippen molar-refractivity contribution >= 4 is 5.96 Å². The zero-order valence-corrected chi connectivity index (χ0v) is 17.5. The van der Waals surface area contributed by atoms with Gasteiger partial charge in [0.1, 0.15) is 0 Å². The second-order valence-corrected chi connectivity index (χ2v) is 8.66. The molecule has 2 heterocycles. The molecule has 2 saturated heterocycles. The van der Waals surface area contributed by atoms with Gasteiger partial charge in [0.2, 0.25) is 0 Å². The monoisotopic (exact) mass is 368 g/mol. The molecular weight excluding hydrogens is 328 g/mol. The first kappa shape index (κ1) is 21.5. The number of nitrogens with zero attached hydrogens (tertiary/aromatic N) is 2. The second kappa shape index (κ2) is 10.5. The SMILES string of the molecule is CCNC(=NCC(C)N1CCOCC1)NCC1CCCOC1C(C)(C)C. The Balaban J connectivity index is 1.87. The Morgan fingerprint density at radius 2 is 1.92 bits per heavy atom. The van der Waals surface area contributed by atoms with Crippen molar-refractivity contribution in [3.8, 4) is 0 Å². The van der Waals surface area contributed by atoms with E-state index in [1.54, 1.807) is 0 Å². The number of rotatable bonds is 6. The molecule has 0 radical (unpaired) electrons. The van der Waals surface area contributed by atoms with Crippen molar-refractivity contribution in [1.29, 1.82) is 0 Å². The maximum Gasteiger partial charge on any atom is 0.191 e. The average molecular weight is 369 g/mol.